The second kappa shape index (κ2) is 8.53. The number of benzene rings is 2. The van der Waals surface area contributed by atoms with Crippen LogP contribution in [0.5, 0.6) is 11.5 Å². The summed E-state index contributed by atoms with van der Waals surface area (Å²) >= 11 is 0. The van der Waals surface area contributed by atoms with Gasteiger partial charge in [0.05, 0.1) is 39.4 Å². The van der Waals surface area contributed by atoms with Crippen molar-refractivity contribution in [3.05, 3.63) is 59.7 Å². The molecule has 7 heteroatoms. The van der Waals surface area contributed by atoms with Crippen LogP contribution in [0.4, 0.5) is 0 Å². The molecule has 3 rings (SSSR count). The maximum absolute atomic E-state index is 13.0. The minimum Gasteiger partial charge on any atom is -0.497 e. The Morgan fingerprint density at radius 1 is 0.931 bits per heavy atom. The molecule has 0 aromatic heterocycles. The number of aliphatic hydroxyl groups excluding tert-OH is 1. The summed E-state index contributed by atoms with van der Waals surface area (Å²) in [6.07, 6.45) is -0.963. The van der Waals surface area contributed by atoms with Crippen LogP contribution in [-0.2, 0) is 14.3 Å². The second-order valence-electron chi connectivity index (χ2n) is 6.93. The fourth-order valence-electron chi connectivity index (χ4n) is 3.76. The molecule has 154 valence electrons. The van der Waals surface area contributed by atoms with Gasteiger partial charge >= 0.3 is 5.97 Å². The van der Waals surface area contributed by atoms with Crippen LogP contribution in [0.1, 0.15) is 24.1 Å². The molecule has 0 radical (unpaired) electrons. The van der Waals surface area contributed by atoms with E-state index in [-0.39, 0.29) is 5.91 Å². The highest BCUT2D eigenvalue weighted by Gasteiger charge is 2.57. The first-order chi connectivity index (χ1) is 13.9. The van der Waals surface area contributed by atoms with Crippen LogP contribution in [0, 0.1) is 5.92 Å². The van der Waals surface area contributed by atoms with Crippen molar-refractivity contribution in [2.24, 2.45) is 5.92 Å². The molecule has 2 aromatic rings. The second-order valence-corrected chi connectivity index (χ2v) is 6.93. The molecule has 29 heavy (non-hydrogen) atoms. The van der Waals surface area contributed by atoms with Gasteiger partial charge in [-0.2, -0.15) is 0 Å². The third kappa shape index (κ3) is 3.78. The largest absolute Gasteiger partial charge is 0.497 e. The molecule has 1 aliphatic heterocycles. The van der Waals surface area contributed by atoms with Crippen LogP contribution in [0.3, 0.4) is 0 Å². The summed E-state index contributed by atoms with van der Waals surface area (Å²) in [5, 5.41) is 10.0. The Morgan fingerprint density at radius 2 is 1.38 bits per heavy atom. The molecule has 0 bridgehead atoms. The number of likely N-dealkylation sites (tertiary alicyclic amines) is 1. The van der Waals surface area contributed by atoms with E-state index in [1.165, 1.54) is 18.9 Å². The molecule has 0 aliphatic carbocycles. The molecule has 1 saturated heterocycles. The maximum atomic E-state index is 13.0. The molecule has 1 fully saturated rings. The molecular weight excluding hydrogens is 374 g/mol. The Kier molecular flexibility index (Phi) is 6.08. The molecule has 1 amide bonds. The van der Waals surface area contributed by atoms with E-state index in [0.29, 0.717) is 11.5 Å². The number of esters is 1. The van der Waals surface area contributed by atoms with Gasteiger partial charge in [-0.05, 0) is 42.3 Å². The number of β-lactam (4-membered cyclic amide) rings is 1. The average Bonchev–Trinajstić information content (AvgIpc) is 2.74. The van der Waals surface area contributed by atoms with E-state index in [2.05, 4.69) is 0 Å². The zero-order valence-electron chi connectivity index (χ0n) is 16.9. The number of carbonyl (C=O) groups is 2. The van der Waals surface area contributed by atoms with Crippen LogP contribution in [0.15, 0.2) is 48.5 Å². The number of nitrogens with zero attached hydrogens (tertiary/aromatic N) is 1. The summed E-state index contributed by atoms with van der Waals surface area (Å²) < 4.78 is 15.4. The Bertz CT molecular complexity index is 814. The first-order valence-corrected chi connectivity index (χ1v) is 9.29. The Morgan fingerprint density at radius 3 is 1.72 bits per heavy atom. The van der Waals surface area contributed by atoms with E-state index in [9.17, 15) is 14.7 Å². The monoisotopic (exact) mass is 399 g/mol. The molecule has 1 heterocycles. The van der Waals surface area contributed by atoms with Gasteiger partial charge in [0.1, 0.15) is 17.5 Å². The summed E-state index contributed by atoms with van der Waals surface area (Å²) in [6, 6.07) is 13.2. The van der Waals surface area contributed by atoms with Gasteiger partial charge in [-0.25, -0.2) is 4.79 Å². The summed E-state index contributed by atoms with van der Waals surface area (Å²) in [5.74, 6) is -0.317. The fourth-order valence-corrected chi connectivity index (χ4v) is 3.76. The van der Waals surface area contributed by atoms with E-state index in [1.807, 2.05) is 24.3 Å². The number of hydrogen-bond donors (Lipinski definition) is 1. The van der Waals surface area contributed by atoms with Gasteiger partial charge in [0.2, 0.25) is 5.91 Å². The number of methoxy groups -OCH3 is 3. The molecular formula is C22H25NO6. The standard InChI is InChI=1S/C22H25NO6/c1-13(24)18-20(22(26)29-4)23(21(18)25)19(14-5-9-16(27-2)10-6-14)15-7-11-17(28-3)12-8-15/h5-13,18-20,24H,1-4H3/t13-,18-,20+/m1/s1. The van der Waals surface area contributed by atoms with Gasteiger partial charge in [0.15, 0.2) is 0 Å². The van der Waals surface area contributed by atoms with Gasteiger partial charge in [-0.15, -0.1) is 0 Å². The van der Waals surface area contributed by atoms with Gasteiger partial charge in [-0.1, -0.05) is 24.3 Å². The highest BCUT2D eigenvalue weighted by Crippen LogP contribution is 2.42. The minimum atomic E-state index is -0.963. The average molecular weight is 399 g/mol. The number of amides is 1. The maximum Gasteiger partial charge on any atom is 0.329 e. The first-order valence-electron chi connectivity index (χ1n) is 9.29. The Balaban J connectivity index is 2.07. The van der Waals surface area contributed by atoms with Crippen molar-refractivity contribution in [3.8, 4) is 11.5 Å². The molecule has 0 spiro atoms. The third-order valence-corrected chi connectivity index (χ3v) is 5.28. The minimum absolute atomic E-state index is 0.299. The first kappa shape index (κ1) is 20.7. The topological polar surface area (TPSA) is 85.3 Å². The lowest BCUT2D eigenvalue weighted by Crippen LogP contribution is -2.68. The molecule has 0 saturated carbocycles. The van der Waals surface area contributed by atoms with Crippen molar-refractivity contribution < 1.29 is 28.9 Å². The van der Waals surface area contributed by atoms with Crippen molar-refractivity contribution in [2.45, 2.75) is 25.1 Å². The van der Waals surface area contributed by atoms with Crippen molar-refractivity contribution in [3.63, 3.8) is 0 Å². The highest BCUT2D eigenvalue weighted by molar-refractivity contribution is 5.98. The van der Waals surface area contributed by atoms with Crippen molar-refractivity contribution in [2.75, 3.05) is 21.3 Å². The predicted octanol–water partition coefficient (Wildman–Crippen LogP) is 2.17. The lowest BCUT2D eigenvalue weighted by molar-refractivity contribution is -0.182. The summed E-state index contributed by atoms with van der Waals surface area (Å²) in [7, 11) is 4.43. The number of rotatable bonds is 7. The quantitative estimate of drug-likeness (QED) is 0.567. The van der Waals surface area contributed by atoms with Crippen molar-refractivity contribution >= 4 is 11.9 Å². The molecule has 1 aliphatic rings. The van der Waals surface area contributed by atoms with E-state index in [4.69, 9.17) is 14.2 Å². The van der Waals surface area contributed by atoms with Crippen LogP contribution < -0.4 is 9.47 Å². The molecule has 7 nitrogen and oxygen atoms in total. The SMILES string of the molecule is COC(=O)[C@@H]1[C@@H]([C@@H](C)O)C(=O)N1C(c1ccc(OC)cc1)c1ccc(OC)cc1. The summed E-state index contributed by atoms with van der Waals surface area (Å²) in [6.45, 7) is 1.51. The zero-order valence-corrected chi connectivity index (χ0v) is 16.9. The normalized spacial score (nSPS) is 19.5. The number of aliphatic hydroxyl groups is 1. The van der Waals surface area contributed by atoms with E-state index in [1.54, 1.807) is 38.5 Å². The van der Waals surface area contributed by atoms with Gasteiger partial charge in [0, 0.05) is 0 Å². The number of hydrogen-bond acceptors (Lipinski definition) is 6. The van der Waals surface area contributed by atoms with Crippen LogP contribution in [0.25, 0.3) is 0 Å². The smallest absolute Gasteiger partial charge is 0.329 e. The Labute approximate surface area is 169 Å². The van der Waals surface area contributed by atoms with E-state index < -0.39 is 30.1 Å². The Hall–Kier alpha value is -3.06. The van der Waals surface area contributed by atoms with Gasteiger partial charge in [0.25, 0.3) is 0 Å². The number of carbonyl (C=O) groups excluding carboxylic acids is 2. The van der Waals surface area contributed by atoms with Crippen LogP contribution in [-0.4, -0.2) is 55.4 Å². The molecule has 2 aromatic carbocycles. The van der Waals surface area contributed by atoms with Crippen molar-refractivity contribution in [1.29, 1.82) is 0 Å². The van der Waals surface area contributed by atoms with E-state index in [0.717, 1.165) is 11.1 Å². The fraction of sp³-hybridized carbons (Fsp3) is 0.364. The lowest BCUT2D eigenvalue weighted by atomic mass is 9.79. The van der Waals surface area contributed by atoms with E-state index >= 15 is 0 Å². The molecule has 1 N–H and O–H groups in total. The zero-order chi connectivity index (χ0) is 21.1. The van der Waals surface area contributed by atoms with Crippen LogP contribution in [0.2, 0.25) is 0 Å². The summed E-state index contributed by atoms with van der Waals surface area (Å²) in [4.78, 5) is 26.9. The lowest BCUT2D eigenvalue weighted by Gasteiger charge is -2.50. The van der Waals surface area contributed by atoms with Crippen LogP contribution >= 0.6 is 0 Å². The number of ether oxygens (including phenoxy) is 3. The van der Waals surface area contributed by atoms with Crippen molar-refractivity contribution in [1.82, 2.24) is 4.90 Å². The predicted molar refractivity (Wildman–Crippen MR) is 106 cm³/mol. The van der Waals surface area contributed by atoms with Gasteiger partial charge < -0.3 is 24.2 Å². The third-order valence-electron chi connectivity index (χ3n) is 5.28. The molecule has 0 unspecified atom stereocenters. The molecule has 3 atom stereocenters. The highest BCUT2D eigenvalue weighted by atomic mass is 16.5. The summed E-state index contributed by atoms with van der Waals surface area (Å²) in [5.41, 5.74) is 1.62. The van der Waals surface area contributed by atoms with Gasteiger partial charge in [-0.3, -0.25) is 4.79 Å².